The SMILES string of the molecule is CCCCCCCCCCCCCCCCCCCCCCCCC(=O)O[C@H](COC(=O)CCCCCCCCCCCCCCCCCCCC)COP(=O)(O)OC[C@@H](O)COP(=O)(O)OC[C@@H](COC(=O)CCCCCCCCC)OC(=O)CCCCCCCCCCCCCC. The van der Waals surface area contributed by atoms with Crippen LogP contribution in [0.5, 0.6) is 0 Å². The number of rotatable bonds is 81. The first kappa shape index (κ1) is 97.1. The smallest absolute Gasteiger partial charge is 0.462 e. The zero-order valence-electron chi connectivity index (χ0n) is 64.5. The van der Waals surface area contributed by atoms with E-state index in [4.69, 9.17) is 37.0 Å². The van der Waals surface area contributed by atoms with Gasteiger partial charge in [0.25, 0.3) is 0 Å². The Labute approximate surface area is 607 Å². The van der Waals surface area contributed by atoms with E-state index >= 15 is 0 Å². The quantitative estimate of drug-likeness (QED) is 0.0222. The van der Waals surface area contributed by atoms with Crippen LogP contribution in [0.4, 0.5) is 0 Å². The Morgan fingerprint density at radius 3 is 0.596 bits per heavy atom. The summed E-state index contributed by atoms with van der Waals surface area (Å²) in [4.78, 5) is 72.8. The van der Waals surface area contributed by atoms with Crippen LogP contribution < -0.4 is 0 Å². The van der Waals surface area contributed by atoms with Crippen molar-refractivity contribution < 1.29 is 80.2 Å². The molecule has 0 spiro atoms. The number of esters is 4. The van der Waals surface area contributed by atoms with Gasteiger partial charge >= 0.3 is 39.5 Å². The number of phosphoric acid groups is 2. The second-order valence-corrected chi connectivity index (χ2v) is 31.7. The lowest BCUT2D eigenvalue weighted by atomic mass is 10.0. The first-order chi connectivity index (χ1) is 48.2. The Bertz CT molecular complexity index is 1880. The Kier molecular flexibility index (Phi) is 72.9. The first-order valence-corrected chi connectivity index (χ1v) is 44.8. The van der Waals surface area contributed by atoms with Crippen LogP contribution in [0.3, 0.4) is 0 Å². The van der Waals surface area contributed by atoms with E-state index in [9.17, 15) is 43.2 Å². The molecule has 0 radical (unpaired) electrons. The average molecular weight is 1450 g/mol. The fraction of sp³-hybridized carbons (Fsp3) is 0.950. The van der Waals surface area contributed by atoms with Gasteiger partial charge in [-0.3, -0.25) is 37.3 Å². The minimum absolute atomic E-state index is 0.108. The van der Waals surface area contributed by atoms with Crippen molar-refractivity contribution in [1.29, 1.82) is 0 Å². The molecule has 0 saturated heterocycles. The third-order valence-electron chi connectivity index (χ3n) is 18.9. The fourth-order valence-corrected chi connectivity index (χ4v) is 14.0. The number of carbonyl (C=O) groups is 4. The van der Waals surface area contributed by atoms with Crippen LogP contribution in [0.2, 0.25) is 0 Å². The molecular formula is C80H156O17P2. The van der Waals surface area contributed by atoms with Gasteiger partial charge in [0.2, 0.25) is 0 Å². The van der Waals surface area contributed by atoms with Crippen LogP contribution in [-0.2, 0) is 65.4 Å². The normalized spacial score (nSPS) is 13.8. The van der Waals surface area contributed by atoms with E-state index in [0.717, 1.165) is 103 Å². The molecule has 0 bridgehead atoms. The van der Waals surface area contributed by atoms with E-state index in [0.29, 0.717) is 25.7 Å². The lowest BCUT2D eigenvalue weighted by Gasteiger charge is -2.21. The molecule has 0 saturated carbocycles. The van der Waals surface area contributed by atoms with Gasteiger partial charge in [0.1, 0.15) is 19.3 Å². The number of carbonyl (C=O) groups excluding carboxylic acids is 4. The largest absolute Gasteiger partial charge is 0.472 e. The number of aliphatic hydroxyl groups is 1. The summed E-state index contributed by atoms with van der Waals surface area (Å²) in [5, 5.41) is 10.6. The first-order valence-electron chi connectivity index (χ1n) is 41.8. The summed E-state index contributed by atoms with van der Waals surface area (Å²) < 4.78 is 68.5. The van der Waals surface area contributed by atoms with Crippen LogP contribution in [-0.4, -0.2) is 96.7 Å². The van der Waals surface area contributed by atoms with Gasteiger partial charge in [-0.05, 0) is 25.7 Å². The molecule has 0 amide bonds. The topological polar surface area (TPSA) is 237 Å². The molecule has 17 nitrogen and oxygen atoms in total. The van der Waals surface area contributed by atoms with Crippen molar-refractivity contribution in [2.75, 3.05) is 39.6 Å². The van der Waals surface area contributed by atoms with Crippen LogP contribution in [0.25, 0.3) is 0 Å². The van der Waals surface area contributed by atoms with E-state index in [1.54, 1.807) is 0 Å². The van der Waals surface area contributed by atoms with Gasteiger partial charge in [-0.25, -0.2) is 9.13 Å². The molecule has 0 heterocycles. The van der Waals surface area contributed by atoms with Crippen molar-refractivity contribution in [1.82, 2.24) is 0 Å². The second-order valence-electron chi connectivity index (χ2n) is 28.8. The van der Waals surface area contributed by atoms with Crippen LogP contribution in [0, 0.1) is 0 Å². The van der Waals surface area contributed by atoms with Crippen LogP contribution >= 0.6 is 15.6 Å². The molecule has 0 aliphatic carbocycles. The summed E-state index contributed by atoms with van der Waals surface area (Å²) in [6.45, 7) is 4.97. The lowest BCUT2D eigenvalue weighted by molar-refractivity contribution is -0.161. The van der Waals surface area contributed by atoms with Gasteiger partial charge in [0.15, 0.2) is 12.2 Å². The van der Waals surface area contributed by atoms with Gasteiger partial charge in [-0.2, -0.15) is 0 Å². The summed E-state index contributed by atoms with van der Waals surface area (Å²) in [5.41, 5.74) is 0. The molecular weight excluding hydrogens is 1290 g/mol. The molecule has 0 aliphatic heterocycles. The molecule has 5 atom stereocenters. The molecule has 0 aromatic heterocycles. The molecule has 99 heavy (non-hydrogen) atoms. The third kappa shape index (κ3) is 74.1. The molecule has 0 aromatic carbocycles. The maximum Gasteiger partial charge on any atom is 0.472 e. The highest BCUT2D eigenvalue weighted by molar-refractivity contribution is 7.47. The molecule has 3 N–H and O–H groups in total. The van der Waals surface area contributed by atoms with Gasteiger partial charge in [-0.15, -0.1) is 0 Å². The number of hydrogen-bond acceptors (Lipinski definition) is 15. The van der Waals surface area contributed by atoms with Gasteiger partial charge in [0.05, 0.1) is 26.4 Å². The summed E-state index contributed by atoms with van der Waals surface area (Å²) in [6.07, 6.45) is 66.9. The van der Waals surface area contributed by atoms with E-state index in [2.05, 4.69) is 27.7 Å². The molecule has 588 valence electrons. The van der Waals surface area contributed by atoms with E-state index < -0.39 is 97.5 Å². The van der Waals surface area contributed by atoms with Crippen molar-refractivity contribution in [3.63, 3.8) is 0 Å². The standard InChI is InChI=1S/C80H156O17P2/c1-5-9-13-17-21-24-27-30-32-34-36-37-38-39-41-43-45-48-51-55-59-63-67-80(85)97-76(71-91-78(83)65-61-57-53-49-47-44-42-40-35-33-31-28-25-22-18-14-10-6-2)73-95-99(88,89)93-69-74(81)68-92-98(86,87)94-72-75(70-90-77(82)64-60-56-52-20-16-12-8-4)96-79(84)66-62-58-54-50-46-29-26-23-19-15-11-7-3/h74-76,81H,5-73H2,1-4H3,(H,86,87)(H,88,89)/t74-,75+,76+/m0/s1. The minimum atomic E-state index is -4.96. The number of unbranched alkanes of at least 4 members (excludes halogenated alkanes) is 55. The van der Waals surface area contributed by atoms with Gasteiger partial charge < -0.3 is 33.8 Å². The maximum absolute atomic E-state index is 13.1. The van der Waals surface area contributed by atoms with E-state index in [1.807, 2.05) is 0 Å². The Hall–Kier alpha value is -1.94. The van der Waals surface area contributed by atoms with E-state index in [1.165, 1.54) is 250 Å². The summed E-state index contributed by atoms with van der Waals surface area (Å²) in [5.74, 6) is -2.11. The predicted octanol–water partition coefficient (Wildman–Crippen LogP) is 24.2. The van der Waals surface area contributed by atoms with Crippen molar-refractivity contribution in [3.8, 4) is 0 Å². The molecule has 0 aromatic rings. The fourth-order valence-electron chi connectivity index (χ4n) is 12.5. The summed E-state index contributed by atoms with van der Waals surface area (Å²) in [7, 11) is -9.91. The molecule has 0 aliphatic rings. The Morgan fingerprint density at radius 1 is 0.242 bits per heavy atom. The number of aliphatic hydroxyl groups excluding tert-OH is 1. The third-order valence-corrected chi connectivity index (χ3v) is 20.8. The van der Waals surface area contributed by atoms with Crippen LogP contribution in [0.15, 0.2) is 0 Å². The summed E-state index contributed by atoms with van der Waals surface area (Å²) in [6, 6.07) is 0. The lowest BCUT2D eigenvalue weighted by Crippen LogP contribution is -2.30. The maximum atomic E-state index is 13.1. The zero-order valence-corrected chi connectivity index (χ0v) is 66.3. The number of hydrogen-bond donors (Lipinski definition) is 3. The summed E-state index contributed by atoms with van der Waals surface area (Å²) >= 11 is 0. The second kappa shape index (κ2) is 74.3. The molecule has 0 rings (SSSR count). The highest BCUT2D eigenvalue weighted by Gasteiger charge is 2.30. The monoisotopic (exact) mass is 1450 g/mol. The molecule has 19 heteroatoms. The van der Waals surface area contributed by atoms with Crippen molar-refractivity contribution in [2.24, 2.45) is 0 Å². The minimum Gasteiger partial charge on any atom is -0.462 e. The molecule has 2 unspecified atom stereocenters. The highest BCUT2D eigenvalue weighted by Crippen LogP contribution is 2.45. The van der Waals surface area contributed by atoms with Gasteiger partial charge in [0, 0.05) is 25.7 Å². The van der Waals surface area contributed by atoms with Gasteiger partial charge in [-0.1, -0.05) is 381 Å². The predicted molar refractivity (Wildman–Crippen MR) is 405 cm³/mol. The Morgan fingerprint density at radius 2 is 0.404 bits per heavy atom. The Balaban J connectivity index is 5.15. The average Bonchev–Trinajstić information content (AvgIpc) is 0.956. The van der Waals surface area contributed by atoms with Crippen LogP contribution in [0.1, 0.15) is 432 Å². The van der Waals surface area contributed by atoms with Crippen molar-refractivity contribution in [2.45, 2.75) is 451 Å². The van der Waals surface area contributed by atoms with E-state index in [-0.39, 0.29) is 25.7 Å². The molecule has 0 fully saturated rings. The number of phosphoric ester groups is 2. The zero-order chi connectivity index (χ0) is 72.5. The highest BCUT2D eigenvalue weighted by atomic mass is 31.2. The van der Waals surface area contributed by atoms with Crippen molar-refractivity contribution >= 4 is 39.5 Å². The van der Waals surface area contributed by atoms with Crippen molar-refractivity contribution in [3.05, 3.63) is 0 Å². The number of ether oxygens (including phenoxy) is 4.